The molecule has 0 saturated heterocycles. The summed E-state index contributed by atoms with van der Waals surface area (Å²) >= 11 is 0. The molecule has 1 aliphatic rings. The number of para-hydroxylation sites is 1. The van der Waals surface area contributed by atoms with E-state index in [-0.39, 0.29) is 0 Å². The lowest BCUT2D eigenvalue weighted by atomic mass is 9.93. The maximum absolute atomic E-state index is 9.90. The van der Waals surface area contributed by atoms with Crippen molar-refractivity contribution in [3.63, 3.8) is 0 Å². The van der Waals surface area contributed by atoms with Crippen LogP contribution < -0.4 is 5.32 Å². The van der Waals surface area contributed by atoms with Crippen LogP contribution in [0.2, 0.25) is 0 Å². The molecule has 0 amide bonds. The Labute approximate surface area is 104 Å². The van der Waals surface area contributed by atoms with E-state index in [0.29, 0.717) is 17.8 Å². The Bertz CT molecular complexity index is 345. The highest BCUT2D eigenvalue weighted by Gasteiger charge is 2.19. The summed E-state index contributed by atoms with van der Waals surface area (Å²) in [6.07, 6.45) is 7.65. The van der Waals surface area contributed by atoms with Crippen molar-refractivity contribution in [1.82, 2.24) is 5.32 Å². The summed E-state index contributed by atoms with van der Waals surface area (Å²) in [6, 6.07) is 8.61. The molecule has 1 fully saturated rings. The number of benzene rings is 1. The largest absolute Gasteiger partial charge is 0.508 e. The molecule has 0 aromatic heterocycles. The molecular formula is C15H23NO. The van der Waals surface area contributed by atoms with E-state index < -0.39 is 0 Å². The van der Waals surface area contributed by atoms with E-state index in [1.54, 1.807) is 6.07 Å². The molecule has 0 aliphatic heterocycles. The Morgan fingerprint density at radius 1 is 1.24 bits per heavy atom. The van der Waals surface area contributed by atoms with Crippen LogP contribution in [-0.2, 0) is 0 Å². The summed E-state index contributed by atoms with van der Waals surface area (Å²) < 4.78 is 0. The lowest BCUT2D eigenvalue weighted by Crippen LogP contribution is -2.34. The Hall–Kier alpha value is -1.02. The first-order valence-corrected chi connectivity index (χ1v) is 6.85. The molecule has 0 heterocycles. The van der Waals surface area contributed by atoms with Gasteiger partial charge in [0.25, 0.3) is 0 Å². The van der Waals surface area contributed by atoms with E-state index >= 15 is 0 Å². The zero-order valence-corrected chi connectivity index (χ0v) is 10.7. The molecule has 0 radical (unpaired) electrons. The van der Waals surface area contributed by atoms with Crippen molar-refractivity contribution >= 4 is 0 Å². The molecule has 1 aromatic rings. The minimum atomic E-state index is 0.291. The fraction of sp³-hybridized carbons (Fsp3) is 0.600. The predicted molar refractivity (Wildman–Crippen MR) is 71.1 cm³/mol. The van der Waals surface area contributed by atoms with E-state index in [4.69, 9.17) is 0 Å². The molecule has 0 spiro atoms. The van der Waals surface area contributed by atoms with Crippen LogP contribution in [0.1, 0.15) is 57.1 Å². The third-order valence-electron chi connectivity index (χ3n) is 3.76. The van der Waals surface area contributed by atoms with Crippen molar-refractivity contribution in [2.75, 3.05) is 0 Å². The maximum atomic E-state index is 9.90. The number of aromatic hydroxyl groups is 1. The Balaban J connectivity index is 2.03. The van der Waals surface area contributed by atoms with Crippen molar-refractivity contribution < 1.29 is 5.11 Å². The molecule has 1 aromatic carbocycles. The van der Waals surface area contributed by atoms with Gasteiger partial charge in [-0.1, -0.05) is 44.4 Å². The minimum Gasteiger partial charge on any atom is -0.508 e. The molecule has 1 saturated carbocycles. The fourth-order valence-corrected chi connectivity index (χ4v) is 2.76. The molecule has 2 heteroatoms. The van der Waals surface area contributed by atoms with Gasteiger partial charge in [-0.05, 0) is 25.3 Å². The summed E-state index contributed by atoms with van der Waals surface area (Å²) in [5.74, 6) is 0.419. The van der Waals surface area contributed by atoms with Crippen molar-refractivity contribution in [2.24, 2.45) is 0 Å². The average Bonchev–Trinajstić information content (AvgIpc) is 2.38. The second-order valence-electron chi connectivity index (χ2n) is 5.02. The molecule has 1 unspecified atom stereocenters. The Kier molecular flexibility index (Phi) is 4.43. The van der Waals surface area contributed by atoms with Gasteiger partial charge in [0.2, 0.25) is 0 Å². The van der Waals surface area contributed by atoms with Gasteiger partial charge in [0.05, 0.1) is 0 Å². The highest BCUT2D eigenvalue weighted by molar-refractivity contribution is 5.34. The summed E-state index contributed by atoms with van der Waals surface area (Å²) in [4.78, 5) is 0. The highest BCUT2D eigenvalue weighted by atomic mass is 16.3. The number of phenolic OH excluding ortho intramolecular Hbond substituents is 1. The Morgan fingerprint density at radius 2 is 1.94 bits per heavy atom. The molecular weight excluding hydrogens is 210 g/mol. The maximum Gasteiger partial charge on any atom is 0.120 e. The summed E-state index contributed by atoms with van der Waals surface area (Å²) in [5, 5.41) is 13.6. The van der Waals surface area contributed by atoms with Gasteiger partial charge < -0.3 is 10.4 Å². The standard InChI is InChI=1S/C15H23NO/c1-2-14(13-10-6-7-11-15(13)17)16-12-8-4-3-5-9-12/h6-7,10-12,14,16-17H,2-5,8-9H2,1H3. The lowest BCUT2D eigenvalue weighted by molar-refractivity contribution is 0.329. The van der Waals surface area contributed by atoms with Crippen LogP contribution in [0.25, 0.3) is 0 Å². The quantitative estimate of drug-likeness (QED) is 0.829. The van der Waals surface area contributed by atoms with Gasteiger partial charge in [-0.25, -0.2) is 0 Å². The zero-order chi connectivity index (χ0) is 12.1. The van der Waals surface area contributed by atoms with Crippen LogP contribution in [0.4, 0.5) is 0 Å². The van der Waals surface area contributed by atoms with Crippen LogP contribution in [0.15, 0.2) is 24.3 Å². The fourth-order valence-electron chi connectivity index (χ4n) is 2.76. The van der Waals surface area contributed by atoms with Crippen LogP contribution in [0.3, 0.4) is 0 Å². The average molecular weight is 233 g/mol. The number of nitrogens with one attached hydrogen (secondary N) is 1. The van der Waals surface area contributed by atoms with Crippen molar-refractivity contribution in [2.45, 2.75) is 57.5 Å². The molecule has 2 nitrogen and oxygen atoms in total. The van der Waals surface area contributed by atoms with Gasteiger partial charge in [-0.2, -0.15) is 0 Å². The first-order valence-electron chi connectivity index (χ1n) is 6.85. The van der Waals surface area contributed by atoms with Crippen LogP contribution >= 0.6 is 0 Å². The van der Waals surface area contributed by atoms with E-state index in [9.17, 15) is 5.11 Å². The molecule has 17 heavy (non-hydrogen) atoms. The van der Waals surface area contributed by atoms with Gasteiger partial charge in [-0.15, -0.1) is 0 Å². The second-order valence-corrected chi connectivity index (χ2v) is 5.02. The molecule has 2 N–H and O–H groups in total. The van der Waals surface area contributed by atoms with E-state index in [2.05, 4.69) is 12.2 Å². The summed E-state index contributed by atoms with van der Waals surface area (Å²) in [6.45, 7) is 2.17. The Morgan fingerprint density at radius 3 is 2.59 bits per heavy atom. The second kappa shape index (κ2) is 6.06. The molecule has 94 valence electrons. The number of hydrogen-bond donors (Lipinski definition) is 2. The molecule has 1 aliphatic carbocycles. The van der Waals surface area contributed by atoms with E-state index in [1.165, 1.54) is 32.1 Å². The minimum absolute atomic E-state index is 0.291. The molecule has 2 rings (SSSR count). The summed E-state index contributed by atoms with van der Waals surface area (Å²) in [5.41, 5.74) is 1.04. The van der Waals surface area contributed by atoms with Crippen molar-refractivity contribution in [1.29, 1.82) is 0 Å². The van der Waals surface area contributed by atoms with E-state index in [0.717, 1.165) is 12.0 Å². The van der Waals surface area contributed by atoms with Gasteiger partial charge in [0, 0.05) is 17.6 Å². The summed E-state index contributed by atoms with van der Waals surface area (Å²) in [7, 11) is 0. The zero-order valence-electron chi connectivity index (χ0n) is 10.7. The number of rotatable bonds is 4. The lowest BCUT2D eigenvalue weighted by Gasteiger charge is -2.28. The third kappa shape index (κ3) is 3.22. The molecule has 0 bridgehead atoms. The van der Waals surface area contributed by atoms with Crippen LogP contribution in [0, 0.1) is 0 Å². The first-order chi connectivity index (χ1) is 8.31. The highest BCUT2D eigenvalue weighted by Crippen LogP contribution is 2.28. The van der Waals surface area contributed by atoms with Gasteiger partial charge in [0.1, 0.15) is 5.75 Å². The van der Waals surface area contributed by atoms with Crippen molar-refractivity contribution in [3.8, 4) is 5.75 Å². The smallest absolute Gasteiger partial charge is 0.120 e. The normalized spacial score (nSPS) is 19.1. The number of phenols is 1. The van der Waals surface area contributed by atoms with Gasteiger partial charge in [-0.3, -0.25) is 0 Å². The van der Waals surface area contributed by atoms with Crippen LogP contribution in [-0.4, -0.2) is 11.1 Å². The third-order valence-corrected chi connectivity index (χ3v) is 3.76. The van der Waals surface area contributed by atoms with Crippen molar-refractivity contribution in [3.05, 3.63) is 29.8 Å². The molecule has 1 atom stereocenters. The van der Waals surface area contributed by atoms with Crippen LogP contribution in [0.5, 0.6) is 5.75 Å². The van der Waals surface area contributed by atoms with Gasteiger partial charge in [0.15, 0.2) is 0 Å². The SMILES string of the molecule is CCC(NC1CCCCC1)c1ccccc1O. The predicted octanol–water partition coefficient (Wildman–Crippen LogP) is 3.77. The number of hydrogen-bond acceptors (Lipinski definition) is 2. The van der Waals surface area contributed by atoms with Gasteiger partial charge >= 0.3 is 0 Å². The van der Waals surface area contributed by atoms with E-state index in [1.807, 2.05) is 18.2 Å². The topological polar surface area (TPSA) is 32.3 Å². The first kappa shape index (κ1) is 12.4. The monoisotopic (exact) mass is 233 g/mol.